The molecule has 270 valence electrons. The van der Waals surface area contributed by atoms with Crippen molar-refractivity contribution in [2.45, 2.75) is 123 Å². The van der Waals surface area contributed by atoms with Crippen LogP contribution in [0.2, 0.25) is 0 Å². The standard InChI is InChI=1S/C35H62N4O8/c1-23(22-35(6,7)47-27(5)32(45-9)26(4)40)11-10-12-24(2)31-25(3)13-14-28(46-31)21-30(41)37-29(33(42)43)15-16-36-34(44)39-19-17-38(8)18-20-39/h10-12,23,25-29,31-32,40H,13-22H2,1-9H3,(H,36,44)(H,37,41)(H,42,43)/b11-10+,24-12+/t23-,25+,26-,27-,28-,29+,31-,32+/m1/s1. The van der Waals surface area contributed by atoms with E-state index in [-0.39, 0.29) is 61.5 Å². The number of ether oxygens (including phenoxy) is 3. The Morgan fingerprint density at radius 3 is 2.36 bits per heavy atom. The van der Waals surface area contributed by atoms with Crippen LogP contribution in [0, 0.1) is 11.8 Å². The molecule has 2 saturated heterocycles. The summed E-state index contributed by atoms with van der Waals surface area (Å²) in [5.41, 5.74) is 0.648. The van der Waals surface area contributed by atoms with Gasteiger partial charge in [0.1, 0.15) is 12.1 Å². The number of hydrogen-bond donors (Lipinski definition) is 4. The lowest BCUT2D eigenvalue weighted by atomic mass is 9.88. The fourth-order valence-electron chi connectivity index (χ4n) is 6.61. The molecule has 0 aromatic heterocycles. The number of carbonyl (C=O) groups excluding carboxylic acids is 2. The normalized spacial score (nSPS) is 24.8. The van der Waals surface area contributed by atoms with Gasteiger partial charge in [-0.15, -0.1) is 0 Å². The van der Waals surface area contributed by atoms with Crippen molar-refractivity contribution in [2.75, 3.05) is 46.9 Å². The number of aliphatic carboxylic acids is 1. The number of methoxy groups -OCH3 is 1. The molecule has 8 atom stereocenters. The summed E-state index contributed by atoms with van der Waals surface area (Å²) in [5.74, 6) is -0.993. The van der Waals surface area contributed by atoms with Crippen molar-refractivity contribution in [3.63, 3.8) is 0 Å². The van der Waals surface area contributed by atoms with Gasteiger partial charge in [-0.25, -0.2) is 9.59 Å². The van der Waals surface area contributed by atoms with E-state index in [1.807, 2.05) is 40.8 Å². The van der Waals surface area contributed by atoms with Crippen LogP contribution in [-0.2, 0) is 23.8 Å². The van der Waals surface area contributed by atoms with Crippen molar-refractivity contribution >= 4 is 17.9 Å². The predicted molar refractivity (Wildman–Crippen MR) is 182 cm³/mol. The van der Waals surface area contributed by atoms with Gasteiger partial charge in [-0.2, -0.15) is 0 Å². The van der Waals surface area contributed by atoms with Gasteiger partial charge in [0.25, 0.3) is 0 Å². The van der Waals surface area contributed by atoms with Gasteiger partial charge >= 0.3 is 12.0 Å². The van der Waals surface area contributed by atoms with Gasteiger partial charge in [0.05, 0.1) is 36.4 Å². The summed E-state index contributed by atoms with van der Waals surface area (Å²) in [5, 5.41) is 25.1. The molecule has 2 aliphatic rings. The van der Waals surface area contributed by atoms with Crippen molar-refractivity contribution < 1.29 is 38.8 Å². The van der Waals surface area contributed by atoms with Crippen LogP contribution in [0.25, 0.3) is 0 Å². The van der Waals surface area contributed by atoms with Gasteiger partial charge in [0, 0.05) is 39.8 Å². The summed E-state index contributed by atoms with van der Waals surface area (Å²) in [6.45, 7) is 17.0. The van der Waals surface area contributed by atoms with Crippen molar-refractivity contribution in [3.8, 4) is 0 Å². The molecule has 0 bridgehead atoms. The van der Waals surface area contributed by atoms with Crippen molar-refractivity contribution in [1.29, 1.82) is 0 Å². The largest absolute Gasteiger partial charge is 0.480 e. The number of rotatable bonds is 17. The molecule has 0 aromatic carbocycles. The molecule has 0 radical (unpaired) electrons. The molecule has 2 heterocycles. The number of nitrogens with zero attached hydrogens (tertiary/aromatic N) is 2. The van der Waals surface area contributed by atoms with E-state index in [2.05, 4.69) is 41.5 Å². The molecule has 2 fully saturated rings. The maximum atomic E-state index is 12.9. The number of piperazine rings is 1. The molecule has 0 spiro atoms. The Morgan fingerprint density at radius 1 is 1.11 bits per heavy atom. The molecule has 0 aromatic rings. The summed E-state index contributed by atoms with van der Waals surface area (Å²) < 4.78 is 18.0. The average molecular weight is 667 g/mol. The first-order chi connectivity index (χ1) is 22.0. The van der Waals surface area contributed by atoms with Crippen LogP contribution < -0.4 is 10.6 Å². The lowest BCUT2D eigenvalue weighted by Crippen LogP contribution is -2.51. The Bertz CT molecular complexity index is 1060. The van der Waals surface area contributed by atoms with Crippen LogP contribution in [0.5, 0.6) is 0 Å². The zero-order valence-electron chi connectivity index (χ0n) is 30.2. The van der Waals surface area contributed by atoms with Crippen LogP contribution in [0.15, 0.2) is 23.8 Å². The Morgan fingerprint density at radius 2 is 1.77 bits per heavy atom. The number of aliphatic hydroxyl groups excluding tert-OH is 1. The number of allylic oxidation sites excluding steroid dienone is 3. The van der Waals surface area contributed by atoms with Gasteiger partial charge in [-0.3, -0.25) is 4.79 Å². The van der Waals surface area contributed by atoms with E-state index in [1.165, 1.54) is 0 Å². The van der Waals surface area contributed by atoms with Gasteiger partial charge in [-0.05, 0) is 84.8 Å². The molecule has 3 amide bonds. The van der Waals surface area contributed by atoms with Gasteiger partial charge in [0.2, 0.25) is 5.91 Å². The highest BCUT2D eigenvalue weighted by Gasteiger charge is 2.32. The van der Waals surface area contributed by atoms with E-state index in [9.17, 15) is 24.6 Å². The lowest BCUT2D eigenvalue weighted by molar-refractivity contribution is -0.149. The summed E-state index contributed by atoms with van der Waals surface area (Å²) in [4.78, 5) is 41.0. The predicted octanol–water partition coefficient (Wildman–Crippen LogP) is 3.58. The number of hydrogen-bond acceptors (Lipinski definition) is 8. The van der Waals surface area contributed by atoms with E-state index >= 15 is 0 Å². The van der Waals surface area contributed by atoms with E-state index in [1.54, 1.807) is 18.9 Å². The highest BCUT2D eigenvalue weighted by Crippen LogP contribution is 2.31. The third-order valence-electron chi connectivity index (χ3n) is 9.12. The first kappa shape index (κ1) is 40.7. The molecule has 2 rings (SSSR count). The average Bonchev–Trinajstić information content (AvgIpc) is 2.97. The summed E-state index contributed by atoms with van der Waals surface area (Å²) >= 11 is 0. The van der Waals surface area contributed by atoms with E-state index in [4.69, 9.17) is 14.2 Å². The SMILES string of the molecule is CO[C@@H]([C@@H](C)O)[C@@H](C)OC(C)(C)C[C@H](C)/C=C/C=C(\C)[C@H]1O[C@@H](CC(=O)N[C@@H](CCNC(=O)N2CCN(C)CC2)C(=O)O)CC[C@@H]1C. The third kappa shape index (κ3) is 14.2. The summed E-state index contributed by atoms with van der Waals surface area (Å²) in [7, 11) is 3.59. The molecule has 0 saturated carbocycles. The second kappa shape index (κ2) is 19.5. The number of nitrogens with one attached hydrogen (secondary N) is 2. The zero-order chi connectivity index (χ0) is 35.3. The molecule has 47 heavy (non-hydrogen) atoms. The van der Waals surface area contributed by atoms with Gasteiger partial charge in [0.15, 0.2) is 0 Å². The maximum Gasteiger partial charge on any atom is 0.326 e. The molecule has 4 N–H and O–H groups in total. The zero-order valence-corrected chi connectivity index (χ0v) is 30.2. The van der Waals surface area contributed by atoms with Crippen LogP contribution in [0.3, 0.4) is 0 Å². The Labute approximate surface area is 282 Å². The third-order valence-corrected chi connectivity index (χ3v) is 9.12. The maximum absolute atomic E-state index is 12.9. The van der Waals surface area contributed by atoms with Crippen molar-refractivity contribution in [3.05, 3.63) is 23.8 Å². The first-order valence-corrected chi connectivity index (χ1v) is 17.2. The Kier molecular flexibility index (Phi) is 16.9. The minimum Gasteiger partial charge on any atom is -0.480 e. The molecular formula is C35H62N4O8. The number of carbonyl (C=O) groups is 3. The molecule has 2 aliphatic heterocycles. The topological polar surface area (TPSA) is 150 Å². The monoisotopic (exact) mass is 666 g/mol. The van der Waals surface area contributed by atoms with Crippen LogP contribution in [0.1, 0.15) is 80.6 Å². The van der Waals surface area contributed by atoms with E-state index < -0.39 is 29.8 Å². The summed E-state index contributed by atoms with van der Waals surface area (Å²) in [6, 6.07) is -1.31. The number of likely N-dealkylation sites (N-methyl/N-ethyl adjacent to an activating group) is 1. The summed E-state index contributed by atoms with van der Waals surface area (Å²) in [6.07, 6.45) is 7.06. The highest BCUT2D eigenvalue weighted by molar-refractivity contribution is 5.83. The number of urea groups is 1. The quantitative estimate of drug-likeness (QED) is 0.171. The van der Waals surface area contributed by atoms with Crippen LogP contribution >= 0.6 is 0 Å². The number of amides is 3. The number of carboxylic acids is 1. The Hall–Kier alpha value is -2.51. The van der Waals surface area contributed by atoms with Crippen molar-refractivity contribution in [2.24, 2.45) is 11.8 Å². The second-order valence-electron chi connectivity index (χ2n) is 14.2. The van der Waals surface area contributed by atoms with Gasteiger partial charge < -0.3 is 44.9 Å². The Balaban J connectivity index is 1.85. The lowest BCUT2D eigenvalue weighted by Gasteiger charge is -2.35. The number of aliphatic hydroxyl groups is 1. The van der Waals surface area contributed by atoms with E-state index in [0.29, 0.717) is 13.1 Å². The molecular weight excluding hydrogens is 604 g/mol. The molecule has 0 aliphatic carbocycles. The second-order valence-corrected chi connectivity index (χ2v) is 14.2. The molecule has 12 nitrogen and oxygen atoms in total. The minimum absolute atomic E-state index is 0.0767. The van der Waals surface area contributed by atoms with Crippen LogP contribution in [0.4, 0.5) is 4.79 Å². The van der Waals surface area contributed by atoms with Gasteiger partial charge in [-0.1, -0.05) is 32.1 Å². The first-order valence-electron chi connectivity index (χ1n) is 17.2. The fraction of sp³-hybridized carbons (Fsp3) is 0.800. The smallest absolute Gasteiger partial charge is 0.326 e. The van der Waals surface area contributed by atoms with Crippen molar-refractivity contribution in [1.82, 2.24) is 20.4 Å². The highest BCUT2D eigenvalue weighted by atomic mass is 16.6. The fourth-order valence-corrected chi connectivity index (χ4v) is 6.61. The van der Waals surface area contributed by atoms with E-state index in [0.717, 1.165) is 37.9 Å². The minimum atomic E-state index is -1.13. The molecule has 0 unspecified atom stereocenters. The number of carboxylic acid groups (broad SMARTS) is 1. The van der Waals surface area contributed by atoms with Crippen LogP contribution in [-0.4, -0.2) is 127 Å². The molecule has 12 heteroatoms.